The standard InChI is InChI=1S/C17H13N3O4S/c21-15(13-7-4-8-14(10-13)20(22)23)11-25-17-19-18-16(24-17)9-12-5-2-1-3-6-12/h1-8,10H,9,11H2. The SMILES string of the molecule is O=C(CSc1nnc(Cc2ccccc2)o1)c1cccc([N+](=O)[O-])c1. The predicted octanol–water partition coefficient (Wildman–Crippen LogP) is 3.54. The van der Waals surface area contributed by atoms with Gasteiger partial charge in [-0.3, -0.25) is 14.9 Å². The third-order valence-electron chi connectivity index (χ3n) is 3.35. The molecule has 3 aromatic rings. The third kappa shape index (κ3) is 4.51. The summed E-state index contributed by atoms with van der Waals surface area (Å²) in [5.74, 6) is 0.293. The molecule has 8 heteroatoms. The van der Waals surface area contributed by atoms with Crippen LogP contribution < -0.4 is 0 Å². The van der Waals surface area contributed by atoms with Gasteiger partial charge in [0.1, 0.15) is 0 Å². The third-order valence-corrected chi connectivity index (χ3v) is 4.17. The maximum Gasteiger partial charge on any atom is 0.277 e. The van der Waals surface area contributed by atoms with Crippen LogP contribution in [0.15, 0.2) is 64.2 Å². The number of rotatable bonds is 7. The van der Waals surface area contributed by atoms with E-state index >= 15 is 0 Å². The molecule has 126 valence electrons. The number of nitro benzene ring substituents is 1. The van der Waals surface area contributed by atoms with E-state index in [2.05, 4.69) is 10.2 Å². The van der Waals surface area contributed by atoms with Crippen LogP contribution in [0.1, 0.15) is 21.8 Å². The van der Waals surface area contributed by atoms with Gasteiger partial charge in [-0.15, -0.1) is 10.2 Å². The van der Waals surface area contributed by atoms with Crippen LogP contribution in [0.5, 0.6) is 0 Å². The number of hydrogen-bond donors (Lipinski definition) is 0. The molecule has 2 aromatic carbocycles. The van der Waals surface area contributed by atoms with E-state index < -0.39 is 4.92 Å². The van der Waals surface area contributed by atoms with Crippen LogP contribution in [-0.2, 0) is 6.42 Å². The highest BCUT2D eigenvalue weighted by atomic mass is 32.2. The zero-order valence-corrected chi connectivity index (χ0v) is 13.8. The van der Waals surface area contributed by atoms with E-state index in [1.54, 1.807) is 6.07 Å². The molecule has 0 unspecified atom stereocenters. The van der Waals surface area contributed by atoms with Crippen LogP contribution in [-0.4, -0.2) is 26.7 Å². The highest BCUT2D eigenvalue weighted by molar-refractivity contribution is 7.99. The fourth-order valence-corrected chi connectivity index (χ4v) is 2.82. The Labute approximate surface area is 147 Å². The van der Waals surface area contributed by atoms with Crippen molar-refractivity contribution in [1.29, 1.82) is 0 Å². The van der Waals surface area contributed by atoms with Crippen molar-refractivity contribution < 1.29 is 14.1 Å². The molecule has 0 spiro atoms. The Hall–Kier alpha value is -3.00. The first-order chi connectivity index (χ1) is 12.1. The van der Waals surface area contributed by atoms with E-state index in [1.807, 2.05) is 30.3 Å². The molecule has 0 bridgehead atoms. The molecule has 0 aliphatic carbocycles. The summed E-state index contributed by atoms with van der Waals surface area (Å²) in [6, 6.07) is 15.3. The van der Waals surface area contributed by atoms with Crippen LogP contribution in [0.2, 0.25) is 0 Å². The second kappa shape index (κ2) is 7.71. The van der Waals surface area contributed by atoms with Crippen LogP contribution in [0.4, 0.5) is 5.69 Å². The molecule has 1 heterocycles. The number of benzene rings is 2. The lowest BCUT2D eigenvalue weighted by Crippen LogP contribution is -2.03. The molecule has 0 fully saturated rings. The summed E-state index contributed by atoms with van der Waals surface area (Å²) < 4.78 is 5.52. The number of thioether (sulfide) groups is 1. The van der Waals surface area contributed by atoms with Crippen molar-refractivity contribution in [3.05, 3.63) is 81.7 Å². The van der Waals surface area contributed by atoms with E-state index in [0.29, 0.717) is 17.5 Å². The number of Topliss-reactive ketones (excluding diaryl/α,β-unsaturated/α-hetero) is 1. The number of carbonyl (C=O) groups is 1. The molecule has 0 atom stereocenters. The van der Waals surface area contributed by atoms with Crippen LogP contribution in [0, 0.1) is 10.1 Å². The van der Waals surface area contributed by atoms with Crippen molar-refractivity contribution in [1.82, 2.24) is 10.2 Å². The van der Waals surface area contributed by atoms with Crippen molar-refractivity contribution in [2.45, 2.75) is 11.6 Å². The minimum Gasteiger partial charge on any atom is -0.416 e. The Morgan fingerprint density at radius 2 is 1.92 bits per heavy atom. The Morgan fingerprint density at radius 1 is 1.12 bits per heavy atom. The quantitative estimate of drug-likeness (QED) is 0.276. The Bertz CT molecular complexity index is 896. The number of carbonyl (C=O) groups excluding carboxylic acids is 1. The van der Waals surface area contributed by atoms with Crippen LogP contribution in [0.25, 0.3) is 0 Å². The Balaban J connectivity index is 1.59. The maximum atomic E-state index is 12.2. The molecule has 0 amide bonds. The van der Waals surface area contributed by atoms with Crippen LogP contribution >= 0.6 is 11.8 Å². The van der Waals surface area contributed by atoms with Crippen LogP contribution in [0.3, 0.4) is 0 Å². The first-order valence-electron chi connectivity index (χ1n) is 7.38. The normalized spacial score (nSPS) is 10.6. The molecule has 0 N–H and O–H groups in total. The summed E-state index contributed by atoms with van der Waals surface area (Å²) in [7, 11) is 0. The molecule has 0 aliphatic rings. The second-order valence-corrected chi connectivity index (χ2v) is 6.07. The molecule has 25 heavy (non-hydrogen) atoms. The van der Waals surface area contributed by atoms with Gasteiger partial charge < -0.3 is 4.42 Å². The highest BCUT2D eigenvalue weighted by Gasteiger charge is 2.14. The van der Waals surface area contributed by atoms with E-state index in [-0.39, 0.29) is 22.8 Å². The maximum absolute atomic E-state index is 12.2. The lowest BCUT2D eigenvalue weighted by Gasteiger charge is -1.99. The molecular formula is C17H13N3O4S. The summed E-state index contributed by atoms with van der Waals surface area (Å²) in [6.07, 6.45) is 0.521. The first-order valence-corrected chi connectivity index (χ1v) is 8.37. The monoisotopic (exact) mass is 355 g/mol. The second-order valence-electron chi connectivity index (χ2n) is 5.14. The van der Waals surface area contributed by atoms with Crippen molar-refractivity contribution in [2.75, 3.05) is 5.75 Å². The Morgan fingerprint density at radius 3 is 2.68 bits per heavy atom. The molecule has 3 rings (SSSR count). The van der Waals surface area contributed by atoms with Gasteiger partial charge in [0.15, 0.2) is 5.78 Å². The molecule has 0 radical (unpaired) electrons. The van der Waals surface area contributed by atoms with E-state index in [4.69, 9.17) is 4.42 Å². The van der Waals surface area contributed by atoms with Gasteiger partial charge in [0.05, 0.1) is 17.1 Å². The average Bonchev–Trinajstić information content (AvgIpc) is 3.08. The van der Waals surface area contributed by atoms with Crippen molar-refractivity contribution in [2.24, 2.45) is 0 Å². The van der Waals surface area contributed by atoms with E-state index in [0.717, 1.165) is 17.3 Å². The number of non-ortho nitro benzene ring substituents is 1. The van der Waals surface area contributed by atoms with Gasteiger partial charge in [0, 0.05) is 17.7 Å². The summed E-state index contributed by atoms with van der Waals surface area (Å²) in [5, 5.41) is 18.9. The molecule has 0 aliphatic heterocycles. The van der Waals surface area contributed by atoms with Crippen molar-refractivity contribution in [3.8, 4) is 0 Å². The molecule has 1 aromatic heterocycles. The Kier molecular flexibility index (Phi) is 5.20. The molecular weight excluding hydrogens is 342 g/mol. The lowest BCUT2D eigenvalue weighted by molar-refractivity contribution is -0.384. The fourth-order valence-electron chi connectivity index (χ4n) is 2.14. The number of nitrogens with zero attached hydrogens (tertiary/aromatic N) is 3. The molecule has 7 nitrogen and oxygen atoms in total. The van der Waals surface area contributed by atoms with E-state index in [1.165, 1.54) is 18.2 Å². The zero-order valence-electron chi connectivity index (χ0n) is 13.0. The summed E-state index contributed by atoms with van der Waals surface area (Å²) in [5.41, 5.74) is 1.22. The van der Waals surface area contributed by atoms with Gasteiger partial charge in [0.2, 0.25) is 5.89 Å². The van der Waals surface area contributed by atoms with Gasteiger partial charge in [0.25, 0.3) is 10.9 Å². The van der Waals surface area contributed by atoms with Crippen molar-refractivity contribution in [3.63, 3.8) is 0 Å². The van der Waals surface area contributed by atoms with Crippen molar-refractivity contribution >= 4 is 23.2 Å². The minimum atomic E-state index is -0.530. The highest BCUT2D eigenvalue weighted by Crippen LogP contribution is 2.20. The van der Waals surface area contributed by atoms with Gasteiger partial charge in [-0.1, -0.05) is 54.2 Å². The predicted molar refractivity (Wildman–Crippen MR) is 91.7 cm³/mol. The minimum absolute atomic E-state index is 0.0636. The summed E-state index contributed by atoms with van der Waals surface area (Å²) in [6.45, 7) is 0. The average molecular weight is 355 g/mol. The zero-order chi connectivity index (χ0) is 17.6. The first kappa shape index (κ1) is 16.8. The van der Waals surface area contributed by atoms with Gasteiger partial charge in [-0.2, -0.15) is 0 Å². The summed E-state index contributed by atoms with van der Waals surface area (Å²) in [4.78, 5) is 22.4. The lowest BCUT2D eigenvalue weighted by atomic mass is 10.1. The molecule has 0 saturated carbocycles. The number of ketones is 1. The van der Waals surface area contributed by atoms with Gasteiger partial charge >= 0.3 is 0 Å². The van der Waals surface area contributed by atoms with Gasteiger partial charge in [-0.25, -0.2) is 0 Å². The summed E-state index contributed by atoms with van der Waals surface area (Å²) >= 11 is 1.11. The molecule has 0 saturated heterocycles. The largest absolute Gasteiger partial charge is 0.416 e. The number of hydrogen-bond acceptors (Lipinski definition) is 7. The number of aromatic nitrogens is 2. The van der Waals surface area contributed by atoms with Gasteiger partial charge in [-0.05, 0) is 5.56 Å². The number of nitro groups is 1. The fraction of sp³-hybridized carbons (Fsp3) is 0.118. The smallest absolute Gasteiger partial charge is 0.277 e. The topological polar surface area (TPSA) is 99.1 Å². The van der Waals surface area contributed by atoms with E-state index in [9.17, 15) is 14.9 Å².